The minimum absolute atomic E-state index is 0.510. The van der Waals surface area contributed by atoms with Gasteiger partial charge in [0.25, 0.3) is 0 Å². The van der Waals surface area contributed by atoms with Crippen LogP contribution in [0.3, 0.4) is 0 Å². The Morgan fingerprint density at radius 2 is 0.763 bits per heavy atom. The number of fused-ring (bicyclic) bond motifs is 8. The lowest BCUT2D eigenvalue weighted by Gasteiger charge is -2.16. The van der Waals surface area contributed by atoms with E-state index in [2.05, 4.69) is 87.6 Å². The van der Waals surface area contributed by atoms with Crippen molar-refractivity contribution in [3.63, 3.8) is 0 Å². The van der Waals surface area contributed by atoms with Crippen molar-refractivity contribution in [3.8, 4) is 0 Å². The topological polar surface area (TPSA) is 132 Å². The van der Waals surface area contributed by atoms with Gasteiger partial charge < -0.3 is 31.1 Å². The van der Waals surface area contributed by atoms with Crippen LogP contribution in [0, 0.1) is 0 Å². The highest BCUT2D eigenvalue weighted by molar-refractivity contribution is 5.46. The van der Waals surface area contributed by atoms with Gasteiger partial charge in [-0.15, -0.1) is 0 Å². The first-order chi connectivity index (χ1) is 18.4. The van der Waals surface area contributed by atoms with Crippen molar-refractivity contribution in [2.75, 3.05) is 59.3 Å². The predicted molar refractivity (Wildman–Crippen MR) is 150 cm³/mol. The molecule has 3 heterocycles. The summed E-state index contributed by atoms with van der Waals surface area (Å²) in [6.07, 6.45) is 0. The van der Waals surface area contributed by atoms with Crippen molar-refractivity contribution < 1.29 is 0 Å². The van der Waals surface area contributed by atoms with E-state index in [0.717, 1.165) is 22.3 Å². The molecule has 1 aliphatic heterocycles. The second-order valence-electron chi connectivity index (χ2n) is 9.41. The minimum Gasteiger partial charge on any atom is -0.350 e. The van der Waals surface area contributed by atoms with Crippen molar-refractivity contribution in [2.24, 2.45) is 0 Å². The number of nitrogens with zero attached hydrogens (tertiary/aromatic N) is 8. The van der Waals surface area contributed by atoms with Crippen LogP contribution in [-0.4, -0.2) is 58.1 Å². The van der Waals surface area contributed by atoms with Crippen LogP contribution >= 0.6 is 0 Å². The van der Waals surface area contributed by atoms with Crippen LogP contribution in [0.5, 0.6) is 0 Å². The summed E-state index contributed by atoms with van der Waals surface area (Å²) in [4.78, 5) is 31.2. The Bertz CT molecular complexity index is 1210. The van der Waals surface area contributed by atoms with Gasteiger partial charge in [-0.1, -0.05) is 48.5 Å². The number of hydrogen-bond donors (Lipinski definition) is 4. The molecule has 2 aromatic heterocycles. The molecule has 0 unspecified atom stereocenters. The molecule has 38 heavy (non-hydrogen) atoms. The molecule has 196 valence electrons. The van der Waals surface area contributed by atoms with Crippen molar-refractivity contribution >= 4 is 35.7 Å². The number of nitrogens with one attached hydrogen (secondary N) is 4. The van der Waals surface area contributed by atoms with E-state index in [4.69, 9.17) is 0 Å². The Kier molecular flexibility index (Phi) is 7.29. The van der Waals surface area contributed by atoms with E-state index >= 15 is 0 Å². The molecule has 0 saturated carbocycles. The van der Waals surface area contributed by atoms with E-state index in [1.165, 1.54) is 0 Å². The first-order valence-electron chi connectivity index (χ1n) is 12.4. The molecule has 0 atom stereocenters. The minimum atomic E-state index is 0.510. The van der Waals surface area contributed by atoms with Crippen molar-refractivity contribution in [1.29, 1.82) is 0 Å². The van der Waals surface area contributed by atoms with Gasteiger partial charge in [-0.05, 0) is 22.3 Å². The zero-order valence-corrected chi connectivity index (χ0v) is 22.0. The SMILES string of the molecule is CN(C)c1nc2nc(n1)NCc1cccc(c1)CNc1nc(nc(N(C)C)n1)NCc1cccc(c1)CN2. The fourth-order valence-electron chi connectivity index (χ4n) is 3.87. The van der Waals surface area contributed by atoms with Gasteiger partial charge >= 0.3 is 0 Å². The molecule has 4 N–H and O–H groups in total. The molecule has 2 aromatic carbocycles. The number of rotatable bonds is 2. The van der Waals surface area contributed by atoms with Crippen LogP contribution in [0.4, 0.5) is 35.7 Å². The smallest absolute Gasteiger partial charge is 0.231 e. The van der Waals surface area contributed by atoms with E-state index in [1.807, 2.05) is 50.1 Å². The Labute approximate surface area is 222 Å². The molecule has 0 saturated heterocycles. The molecule has 0 amide bonds. The molecular formula is C26H32N12. The van der Waals surface area contributed by atoms with Gasteiger partial charge in [-0.2, -0.15) is 29.9 Å². The highest BCUT2D eigenvalue weighted by Crippen LogP contribution is 2.17. The van der Waals surface area contributed by atoms with E-state index in [9.17, 15) is 0 Å². The van der Waals surface area contributed by atoms with Crippen LogP contribution in [-0.2, 0) is 26.2 Å². The van der Waals surface area contributed by atoms with Gasteiger partial charge in [0.15, 0.2) is 0 Å². The maximum atomic E-state index is 4.60. The van der Waals surface area contributed by atoms with Crippen LogP contribution in [0.2, 0.25) is 0 Å². The molecule has 12 heteroatoms. The van der Waals surface area contributed by atoms with Gasteiger partial charge in [0.1, 0.15) is 0 Å². The van der Waals surface area contributed by atoms with Gasteiger partial charge in [-0.3, -0.25) is 0 Å². The van der Waals surface area contributed by atoms with Crippen LogP contribution in [0.15, 0.2) is 48.5 Å². The molecule has 4 aromatic rings. The van der Waals surface area contributed by atoms with Gasteiger partial charge in [0.05, 0.1) is 0 Å². The summed E-state index contributed by atoms with van der Waals surface area (Å²) in [6, 6.07) is 16.6. The van der Waals surface area contributed by atoms with Crippen molar-refractivity contribution in [3.05, 3.63) is 70.8 Å². The maximum Gasteiger partial charge on any atom is 0.231 e. The first kappa shape index (κ1) is 24.9. The molecule has 5 rings (SSSR count). The fourth-order valence-corrected chi connectivity index (χ4v) is 3.87. The second kappa shape index (κ2) is 11.1. The molecule has 0 fully saturated rings. The molecule has 1 aliphatic rings. The standard InChI is InChI=1S/C26H32N12/c1-37(2)25-33-21-27-13-17-7-5-9-19(11-17)15-29-23-32-24(36-26(35-23)38(3)4)30-16-20-10-6-8-18(12-20)14-28-22(31-21)34-25/h5-12H,13-16H2,1-4H3,(H2,27,28,31,33,34)(H2,29,30,32,35,36). The average molecular weight is 513 g/mol. The van der Waals surface area contributed by atoms with Crippen LogP contribution < -0.4 is 31.1 Å². The molecule has 0 radical (unpaired) electrons. The highest BCUT2D eigenvalue weighted by atomic mass is 15.3. The van der Waals surface area contributed by atoms with Crippen molar-refractivity contribution in [1.82, 2.24) is 29.9 Å². The highest BCUT2D eigenvalue weighted by Gasteiger charge is 2.11. The maximum absolute atomic E-state index is 4.60. The number of hydrogen-bond acceptors (Lipinski definition) is 12. The Hall–Kier alpha value is -4.74. The molecular weight excluding hydrogens is 480 g/mol. The Balaban J connectivity index is 1.48. The lowest BCUT2D eigenvalue weighted by Crippen LogP contribution is -2.18. The van der Waals surface area contributed by atoms with Gasteiger partial charge in [0.2, 0.25) is 35.7 Å². The summed E-state index contributed by atoms with van der Waals surface area (Å²) < 4.78 is 0. The number of aromatic nitrogens is 6. The Morgan fingerprint density at radius 3 is 1.03 bits per heavy atom. The monoisotopic (exact) mass is 512 g/mol. The summed E-state index contributed by atoms with van der Waals surface area (Å²) in [5, 5.41) is 13.4. The van der Waals surface area contributed by atoms with Gasteiger partial charge in [-0.25, -0.2) is 0 Å². The second-order valence-corrected chi connectivity index (χ2v) is 9.41. The lowest BCUT2D eigenvalue weighted by molar-refractivity contribution is 0.923. The summed E-state index contributed by atoms with van der Waals surface area (Å²) in [7, 11) is 7.65. The summed E-state index contributed by atoms with van der Waals surface area (Å²) >= 11 is 0. The third kappa shape index (κ3) is 6.33. The quantitative estimate of drug-likeness (QED) is 0.315. The van der Waals surface area contributed by atoms with E-state index < -0.39 is 0 Å². The molecule has 8 bridgehead atoms. The Morgan fingerprint density at radius 1 is 0.474 bits per heavy atom. The largest absolute Gasteiger partial charge is 0.350 e. The van der Waals surface area contributed by atoms with Gasteiger partial charge in [0, 0.05) is 54.4 Å². The first-order valence-corrected chi connectivity index (χ1v) is 12.4. The zero-order valence-electron chi connectivity index (χ0n) is 22.0. The van der Waals surface area contributed by atoms with E-state index in [1.54, 1.807) is 0 Å². The van der Waals surface area contributed by atoms with Crippen LogP contribution in [0.1, 0.15) is 22.3 Å². The summed E-state index contributed by atoms with van der Waals surface area (Å²) in [6.45, 7) is 2.27. The fraction of sp³-hybridized carbons (Fsp3) is 0.308. The molecule has 0 spiro atoms. The third-order valence-electron chi connectivity index (χ3n) is 5.83. The third-order valence-corrected chi connectivity index (χ3v) is 5.83. The number of anilines is 6. The zero-order chi connectivity index (χ0) is 26.5. The molecule has 12 nitrogen and oxygen atoms in total. The normalized spacial score (nSPS) is 13.2. The van der Waals surface area contributed by atoms with E-state index in [-0.39, 0.29) is 0 Å². The summed E-state index contributed by atoms with van der Waals surface area (Å²) in [5.74, 6) is 3.20. The molecule has 0 aliphatic carbocycles. The van der Waals surface area contributed by atoms with E-state index in [0.29, 0.717) is 61.9 Å². The summed E-state index contributed by atoms with van der Waals surface area (Å²) in [5.41, 5.74) is 4.40. The number of benzene rings is 2. The van der Waals surface area contributed by atoms with Crippen molar-refractivity contribution in [2.45, 2.75) is 26.2 Å². The predicted octanol–water partition coefficient (Wildman–Crippen LogP) is 2.95. The van der Waals surface area contributed by atoms with Crippen LogP contribution in [0.25, 0.3) is 0 Å². The lowest BCUT2D eigenvalue weighted by atomic mass is 10.1. The average Bonchev–Trinajstić information content (AvgIpc) is 2.92.